The third-order valence-corrected chi connectivity index (χ3v) is 4.95. The van der Waals surface area contributed by atoms with Gasteiger partial charge in [-0.25, -0.2) is 9.97 Å². The molecule has 3 aromatic rings. The molecule has 1 aliphatic rings. The number of fused-ring (bicyclic) bond motifs is 1. The molecule has 0 spiro atoms. The van der Waals surface area contributed by atoms with Crippen LogP contribution in [0.2, 0.25) is 0 Å². The van der Waals surface area contributed by atoms with Crippen LogP contribution in [0.15, 0.2) is 57.4 Å². The first-order valence-electron chi connectivity index (χ1n) is 10.1. The van der Waals surface area contributed by atoms with E-state index in [4.69, 9.17) is 19.0 Å². The van der Waals surface area contributed by atoms with E-state index in [1.807, 2.05) is 4.90 Å². The number of aromatic nitrogens is 2. The Morgan fingerprint density at radius 3 is 1.97 bits per heavy atom. The van der Waals surface area contributed by atoms with Crippen molar-refractivity contribution in [2.24, 2.45) is 0 Å². The first-order chi connectivity index (χ1) is 15.6. The van der Waals surface area contributed by atoms with E-state index in [-0.39, 0.29) is 30.3 Å². The minimum atomic E-state index is -0.457. The Balaban J connectivity index is 1.62. The van der Waals surface area contributed by atoms with Crippen LogP contribution < -0.4 is 5.32 Å². The Hall–Kier alpha value is -3.60. The molecule has 1 aliphatic carbocycles. The predicted molar refractivity (Wildman–Crippen MR) is 113 cm³/mol. The number of nitrogens with one attached hydrogen (secondary N) is 1. The van der Waals surface area contributed by atoms with E-state index in [0.717, 1.165) is 0 Å². The van der Waals surface area contributed by atoms with E-state index >= 15 is 0 Å². The lowest BCUT2D eigenvalue weighted by molar-refractivity contribution is 0.0969. The average Bonchev–Trinajstić information content (AvgIpc) is 3.51. The van der Waals surface area contributed by atoms with E-state index in [2.05, 4.69) is 15.3 Å². The number of ketones is 2. The Morgan fingerprint density at radius 2 is 1.44 bits per heavy atom. The summed E-state index contributed by atoms with van der Waals surface area (Å²) in [6.45, 7) is 1.50. The van der Waals surface area contributed by atoms with Crippen molar-refractivity contribution in [3.63, 3.8) is 0 Å². The predicted octanol–water partition coefficient (Wildman–Crippen LogP) is 1.14. The number of Topliss-reactive ketones (excluding diaryl/α,β-unsaturated/α-hetero) is 1. The lowest BCUT2D eigenvalue weighted by atomic mass is 10.0. The summed E-state index contributed by atoms with van der Waals surface area (Å²) >= 11 is 0. The Labute approximate surface area is 183 Å². The van der Waals surface area contributed by atoms with Crippen LogP contribution in [0.3, 0.4) is 0 Å². The highest BCUT2D eigenvalue weighted by atomic mass is 16.3. The largest absolute Gasteiger partial charge is 0.463 e. The van der Waals surface area contributed by atoms with Crippen molar-refractivity contribution >= 4 is 11.6 Å². The van der Waals surface area contributed by atoms with Gasteiger partial charge in [-0.3, -0.25) is 14.5 Å². The molecule has 0 bridgehead atoms. The van der Waals surface area contributed by atoms with Gasteiger partial charge in [-0.15, -0.1) is 0 Å². The molecule has 0 aromatic carbocycles. The highest BCUT2D eigenvalue weighted by Crippen LogP contribution is 2.32. The molecule has 0 saturated carbocycles. The van der Waals surface area contributed by atoms with Crippen molar-refractivity contribution in [1.29, 1.82) is 0 Å². The zero-order valence-electron chi connectivity index (χ0n) is 17.2. The highest BCUT2D eigenvalue weighted by Gasteiger charge is 2.31. The Bertz CT molecular complexity index is 1120. The van der Waals surface area contributed by atoms with Gasteiger partial charge in [0.2, 0.25) is 11.6 Å². The third-order valence-electron chi connectivity index (χ3n) is 4.95. The molecule has 10 nitrogen and oxygen atoms in total. The minimum absolute atomic E-state index is 0.0450. The minimum Gasteiger partial charge on any atom is -0.463 e. The summed E-state index contributed by atoms with van der Waals surface area (Å²) in [7, 11) is 0. The highest BCUT2D eigenvalue weighted by molar-refractivity contribution is 6.23. The molecule has 3 N–H and O–H groups in total. The Morgan fingerprint density at radius 1 is 0.844 bits per heavy atom. The van der Waals surface area contributed by atoms with Crippen LogP contribution in [0.4, 0.5) is 0 Å². The van der Waals surface area contributed by atoms with Crippen molar-refractivity contribution in [3.05, 3.63) is 60.0 Å². The molecular formula is C22H22N4O6. The number of nitrogens with zero attached hydrogens (tertiary/aromatic N) is 3. The average molecular weight is 438 g/mol. The maximum atomic E-state index is 13.1. The number of hydrogen-bond donors (Lipinski definition) is 3. The molecular weight excluding hydrogens is 416 g/mol. The van der Waals surface area contributed by atoms with E-state index in [0.29, 0.717) is 49.1 Å². The second-order valence-corrected chi connectivity index (χ2v) is 7.04. The molecule has 32 heavy (non-hydrogen) atoms. The first-order valence-corrected chi connectivity index (χ1v) is 10.1. The summed E-state index contributed by atoms with van der Waals surface area (Å²) in [5.41, 5.74) is 0.594. The quantitative estimate of drug-likeness (QED) is 0.422. The van der Waals surface area contributed by atoms with Crippen LogP contribution in [0.25, 0.3) is 22.9 Å². The van der Waals surface area contributed by atoms with Gasteiger partial charge in [0.1, 0.15) is 22.8 Å². The number of allylic oxidation sites excluding steroid dienone is 2. The van der Waals surface area contributed by atoms with Crippen molar-refractivity contribution in [2.75, 3.05) is 39.4 Å². The van der Waals surface area contributed by atoms with Gasteiger partial charge in [0, 0.05) is 32.3 Å². The van der Waals surface area contributed by atoms with Gasteiger partial charge < -0.3 is 24.4 Å². The zero-order chi connectivity index (χ0) is 22.5. The van der Waals surface area contributed by atoms with Crippen molar-refractivity contribution < 1.29 is 28.6 Å². The molecule has 0 amide bonds. The smallest absolute Gasteiger partial charge is 0.229 e. The van der Waals surface area contributed by atoms with E-state index in [1.165, 1.54) is 18.6 Å². The van der Waals surface area contributed by atoms with Crippen molar-refractivity contribution in [3.8, 4) is 22.9 Å². The van der Waals surface area contributed by atoms with E-state index in [1.54, 1.807) is 24.3 Å². The van der Waals surface area contributed by atoms with Crippen LogP contribution in [0, 0.1) is 0 Å². The normalized spacial score (nSPS) is 13.4. The first kappa shape index (κ1) is 21.6. The maximum Gasteiger partial charge on any atom is 0.229 e. The molecule has 0 radical (unpaired) electrons. The maximum absolute atomic E-state index is 13.1. The van der Waals surface area contributed by atoms with E-state index in [9.17, 15) is 9.59 Å². The van der Waals surface area contributed by atoms with Crippen LogP contribution in [0.1, 0.15) is 21.0 Å². The fourth-order valence-corrected chi connectivity index (χ4v) is 3.43. The van der Waals surface area contributed by atoms with Crippen LogP contribution >= 0.6 is 0 Å². The van der Waals surface area contributed by atoms with Gasteiger partial charge in [-0.05, 0) is 24.3 Å². The van der Waals surface area contributed by atoms with Gasteiger partial charge in [-0.2, -0.15) is 0 Å². The molecule has 10 heteroatoms. The number of aliphatic hydroxyl groups excluding tert-OH is 2. The standard InChI is InChI=1S/C22H22N4O6/c27-9-7-26(8-10-28)6-5-23-14-13-15(29)18-21(22(14)30)25-20(17-4-2-12-32-17)19(24-18)16-3-1-11-31-16/h1-4,11-13,23,27-28H,5-10H2. The summed E-state index contributed by atoms with van der Waals surface area (Å²) in [6, 6.07) is 6.75. The molecule has 0 saturated heterocycles. The number of furan rings is 2. The van der Waals surface area contributed by atoms with Crippen LogP contribution in [-0.2, 0) is 0 Å². The summed E-state index contributed by atoms with van der Waals surface area (Å²) in [5.74, 6) is -0.120. The summed E-state index contributed by atoms with van der Waals surface area (Å²) < 4.78 is 10.9. The van der Waals surface area contributed by atoms with E-state index < -0.39 is 11.6 Å². The SMILES string of the molecule is O=C1C=C(NCCN(CCO)CCO)C(=O)c2nc(-c3ccco3)c(-c3ccco3)nc21. The molecule has 4 rings (SSSR count). The number of aliphatic hydroxyl groups is 2. The molecule has 0 atom stereocenters. The molecule has 0 fully saturated rings. The molecule has 166 valence electrons. The molecule has 3 aromatic heterocycles. The monoisotopic (exact) mass is 438 g/mol. The molecule has 0 unspecified atom stereocenters. The van der Waals surface area contributed by atoms with Crippen molar-refractivity contribution in [1.82, 2.24) is 20.2 Å². The summed E-state index contributed by atoms with van der Waals surface area (Å²) in [5, 5.41) is 21.2. The van der Waals surface area contributed by atoms with Gasteiger partial charge in [-0.1, -0.05) is 0 Å². The molecule has 3 heterocycles. The number of carbonyl (C=O) groups excluding carboxylic acids is 2. The lowest BCUT2D eigenvalue weighted by Gasteiger charge is -2.22. The van der Waals surface area contributed by atoms with Gasteiger partial charge in [0.25, 0.3) is 0 Å². The number of carbonyl (C=O) groups is 2. The second-order valence-electron chi connectivity index (χ2n) is 7.04. The van der Waals surface area contributed by atoms with Crippen molar-refractivity contribution in [2.45, 2.75) is 0 Å². The van der Waals surface area contributed by atoms with Gasteiger partial charge >= 0.3 is 0 Å². The molecule has 0 aliphatic heterocycles. The topological polar surface area (TPSA) is 142 Å². The number of hydrogen-bond acceptors (Lipinski definition) is 10. The third kappa shape index (κ3) is 4.37. The fraction of sp³-hybridized carbons (Fsp3) is 0.273. The summed E-state index contributed by atoms with van der Waals surface area (Å²) in [6.07, 6.45) is 4.17. The Kier molecular flexibility index (Phi) is 6.55. The van der Waals surface area contributed by atoms with Gasteiger partial charge in [0.15, 0.2) is 11.5 Å². The fourth-order valence-electron chi connectivity index (χ4n) is 3.43. The summed E-state index contributed by atoms with van der Waals surface area (Å²) in [4.78, 5) is 36.5. The van der Waals surface area contributed by atoms with Crippen LogP contribution in [0.5, 0.6) is 0 Å². The number of rotatable bonds is 10. The second kappa shape index (κ2) is 9.69. The zero-order valence-corrected chi connectivity index (χ0v) is 17.2. The lowest BCUT2D eigenvalue weighted by Crippen LogP contribution is -2.37. The van der Waals surface area contributed by atoms with Gasteiger partial charge in [0.05, 0.1) is 31.4 Å². The van der Waals surface area contributed by atoms with Crippen LogP contribution in [-0.4, -0.2) is 76.0 Å².